The highest BCUT2D eigenvalue weighted by molar-refractivity contribution is 5.80. The van der Waals surface area contributed by atoms with Gasteiger partial charge in [0.15, 0.2) is 5.96 Å². The van der Waals surface area contributed by atoms with Crippen molar-refractivity contribution in [3.63, 3.8) is 0 Å². The minimum absolute atomic E-state index is 0.141. The summed E-state index contributed by atoms with van der Waals surface area (Å²) < 4.78 is 0. The fraction of sp³-hybridized carbons (Fsp3) is 0.429. The highest BCUT2D eigenvalue weighted by Gasteiger charge is 2.20. The lowest BCUT2D eigenvalue weighted by Crippen LogP contribution is -2.52. The second-order valence-electron chi connectivity index (χ2n) is 7.02. The molecule has 1 saturated heterocycles. The van der Waals surface area contributed by atoms with Gasteiger partial charge in [-0.05, 0) is 37.0 Å². The summed E-state index contributed by atoms with van der Waals surface area (Å²) in [6, 6.07) is 12.8. The van der Waals surface area contributed by atoms with E-state index in [1.807, 2.05) is 43.6 Å². The summed E-state index contributed by atoms with van der Waals surface area (Å²) in [5.41, 5.74) is 1.27. The lowest BCUT2D eigenvalue weighted by atomic mass is 10.1. The SMILES string of the molecule is CN=C(NCCCCc1ccc([N+](=O)[O-])cc1)N1CCN(c2ccccn2)CC1. The summed E-state index contributed by atoms with van der Waals surface area (Å²) in [6.07, 6.45) is 4.79. The van der Waals surface area contributed by atoms with Crippen LogP contribution in [0.5, 0.6) is 0 Å². The Morgan fingerprint density at radius 1 is 1.14 bits per heavy atom. The number of anilines is 1. The molecule has 8 nitrogen and oxygen atoms in total. The van der Waals surface area contributed by atoms with Crippen LogP contribution in [-0.2, 0) is 6.42 Å². The Balaban J connectivity index is 1.36. The molecular weight excluding hydrogens is 368 g/mol. The van der Waals surface area contributed by atoms with Crippen LogP contribution in [0.3, 0.4) is 0 Å². The molecule has 0 spiro atoms. The van der Waals surface area contributed by atoms with Crippen molar-refractivity contribution in [2.45, 2.75) is 19.3 Å². The van der Waals surface area contributed by atoms with E-state index in [4.69, 9.17) is 0 Å². The first-order valence-electron chi connectivity index (χ1n) is 10.0. The highest BCUT2D eigenvalue weighted by Crippen LogP contribution is 2.14. The maximum Gasteiger partial charge on any atom is 0.269 e. The number of benzene rings is 1. The van der Waals surface area contributed by atoms with E-state index in [9.17, 15) is 10.1 Å². The van der Waals surface area contributed by atoms with Crippen LogP contribution in [-0.4, -0.2) is 60.5 Å². The molecule has 29 heavy (non-hydrogen) atoms. The third-order valence-corrected chi connectivity index (χ3v) is 5.09. The number of nitrogens with zero attached hydrogens (tertiary/aromatic N) is 5. The Hall–Kier alpha value is -3.16. The quantitative estimate of drug-likeness (QED) is 0.255. The molecule has 1 fully saturated rings. The van der Waals surface area contributed by atoms with Gasteiger partial charge in [-0.1, -0.05) is 18.2 Å². The molecule has 0 aliphatic carbocycles. The van der Waals surface area contributed by atoms with Gasteiger partial charge in [0.2, 0.25) is 0 Å². The van der Waals surface area contributed by atoms with Gasteiger partial charge in [-0.15, -0.1) is 0 Å². The number of nitrogens with one attached hydrogen (secondary N) is 1. The van der Waals surface area contributed by atoms with E-state index >= 15 is 0 Å². The Bertz CT molecular complexity index is 802. The molecule has 1 aliphatic rings. The first-order valence-corrected chi connectivity index (χ1v) is 10.0. The molecule has 3 rings (SSSR count). The number of hydrogen-bond donors (Lipinski definition) is 1. The lowest BCUT2D eigenvalue weighted by molar-refractivity contribution is -0.384. The van der Waals surface area contributed by atoms with E-state index in [1.54, 1.807) is 12.1 Å². The topological polar surface area (TPSA) is 86.9 Å². The maximum atomic E-state index is 10.7. The summed E-state index contributed by atoms with van der Waals surface area (Å²) in [5.74, 6) is 1.97. The summed E-state index contributed by atoms with van der Waals surface area (Å²) in [6.45, 7) is 4.55. The van der Waals surface area contributed by atoms with Crippen LogP contribution in [0.1, 0.15) is 18.4 Å². The van der Waals surface area contributed by atoms with Crippen molar-refractivity contribution >= 4 is 17.5 Å². The van der Waals surface area contributed by atoms with E-state index in [1.165, 1.54) is 0 Å². The Morgan fingerprint density at radius 2 is 1.90 bits per heavy atom. The van der Waals surface area contributed by atoms with Crippen molar-refractivity contribution in [2.75, 3.05) is 44.7 Å². The molecule has 1 N–H and O–H groups in total. The van der Waals surface area contributed by atoms with Crippen LogP contribution >= 0.6 is 0 Å². The molecule has 0 amide bonds. The molecule has 0 saturated carbocycles. The Kier molecular flexibility index (Phi) is 7.38. The number of pyridine rings is 1. The number of nitro benzene ring substituents is 1. The van der Waals surface area contributed by atoms with Crippen LogP contribution in [0.15, 0.2) is 53.7 Å². The number of hydrogen-bond acceptors (Lipinski definition) is 5. The monoisotopic (exact) mass is 396 g/mol. The number of rotatable bonds is 7. The average Bonchev–Trinajstić information content (AvgIpc) is 2.77. The molecular formula is C21H28N6O2. The van der Waals surface area contributed by atoms with Crippen molar-refractivity contribution in [1.82, 2.24) is 15.2 Å². The van der Waals surface area contributed by atoms with Gasteiger partial charge in [0.05, 0.1) is 4.92 Å². The third kappa shape index (κ3) is 5.91. The van der Waals surface area contributed by atoms with Gasteiger partial charge in [0.1, 0.15) is 5.82 Å². The van der Waals surface area contributed by atoms with Crippen molar-refractivity contribution in [2.24, 2.45) is 4.99 Å². The average molecular weight is 396 g/mol. The third-order valence-electron chi connectivity index (χ3n) is 5.09. The smallest absolute Gasteiger partial charge is 0.269 e. The summed E-state index contributed by atoms with van der Waals surface area (Å²) >= 11 is 0. The largest absolute Gasteiger partial charge is 0.356 e. The zero-order valence-electron chi connectivity index (χ0n) is 16.8. The van der Waals surface area contributed by atoms with Crippen molar-refractivity contribution < 1.29 is 4.92 Å². The van der Waals surface area contributed by atoms with Gasteiger partial charge >= 0.3 is 0 Å². The normalized spacial score (nSPS) is 14.7. The van der Waals surface area contributed by atoms with Gasteiger partial charge in [0.25, 0.3) is 5.69 Å². The molecule has 0 atom stereocenters. The molecule has 154 valence electrons. The van der Waals surface area contributed by atoms with E-state index < -0.39 is 0 Å². The van der Waals surface area contributed by atoms with Gasteiger partial charge in [-0.3, -0.25) is 15.1 Å². The van der Waals surface area contributed by atoms with E-state index in [0.29, 0.717) is 0 Å². The van der Waals surface area contributed by atoms with Gasteiger partial charge in [0, 0.05) is 58.1 Å². The molecule has 8 heteroatoms. The van der Waals surface area contributed by atoms with E-state index in [0.717, 1.165) is 69.3 Å². The molecule has 1 aliphatic heterocycles. The first-order chi connectivity index (χ1) is 14.2. The fourth-order valence-corrected chi connectivity index (χ4v) is 3.46. The highest BCUT2D eigenvalue weighted by atomic mass is 16.6. The number of non-ortho nitro benzene ring substituents is 1. The summed E-state index contributed by atoms with van der Waals surface area (Å²) in [5, 5.41) is 14.2. The standard InChI is InChI=1S/C21H28N6O2/c1-22-21(26-16-14-25(15-17-26)20-7-3-5-12-23-20)24-13-4-2-6-18-8-10-19(11-9-18)27(28)29/h3,5,7-12H,2,4,6,13-17H2,1H3,(H,22,24). The Labute approximate surface area is 171 Å². The number of piperazine rings is 1. The van der Waals surface area contributed by atoms with Crippen LogP contribution in [0.25, 0.3) is 0 Å². The minimum atomic E-state index is -0.366. The summed E-state index contributed by atoms with van der Waals surface area (Å²) in [7, 11) is 1.82. The number of unbranched alkanes of at least 4 members (excludes halogenated alkanes) is 1. The second kappa shape index (κ2) is 10.4. The van der Waals surface area contributed by atoms with Crippen LogP contribution in [0, 0.1) is 10.1 Å². The van der Waals surface area contributed by atoms with Gasteiger partial charge in [-0.25, -0.2) is 4.98 Å². The molecule has 1 aromatic heterocycles. The Morgan fingerprint density at radius 3 is 2.52 bits per heavy atom. The molecule has 2 aromatic rings. The second-order valence-corrected chi connectivity index (χ2v) is 7.02. The minimum Gasteiger partial charge on any atom is -0.356 e. The molecule has 1 aromatic carbocycles. The van der Waals surface area contributed by atoms with Gasteiger partial charge < -0.3 is 15.1 Å². The zero-order chi connectivity index (χ0) is 20.5. The van der Waals surface area contributed by atoms with Crippen LogP contribution in [0.2, 0.25) is 0 Å². The number of nitro groups is 1. The maximum absolute atomic E-state index is 10.7. The van der Waals surface area contributed by atoms with Crippen LogP contribution in [0.4, 0.5) is 11.5 Å². The number of aryl methyl sites for hydroxylation is 1. The molecule has 2 heterocycles. The number of aliphatic imine (C=N–C) groups is 1. The zero-order valence-corrected chi connectivity index (χ0v) is 16.8. The molecule has 0 radical (unpaired) electrons. The first kappa shape index (κ1) is 20.6. The van der Waals surface area contributed by atoms with Crippen molar-refractivity contribution in [3.05, 3.63) is 64.3 Å². The predicted molar refractivity (Wildman–Crippen MR) is 115 cm³/mol. The molecule has 0 bridgehead atoms. The predicted octanol–water partition coefficient (Wildman–Crippen LogP) is 2.71. The number of aromatic nitrogens is 1. The number of guanidine groups is 1. The van der Waals surface area contributed by atoms with E-state index in [-0.39, 0.29) is 10.6 Å². The van der Waals surface area contributed by atoms with Gasteiger partial charge in [-0.2, -0.15) is 0 Å². The molecule has 0 unspecified atom stereocenters. The summed E-state index contributed by atoms with van der Waals surface area (Å²) in [4.78, 5) is 23.8. The fourth-order valence-electron chi connectivity index (χ4n) is 3.46. The van der Waals surface area contributed by atoms with Crippen molar-refractivity contribution in [3.8, 4) is 0 Å². The lowest BCUT2D eigenvalue weighted by Gasteiger charge is -2.37. The van der Waals surface area contributed by atoms with Crippen molar-refractivity contribution in [1.29, 1.82) is 0 Å². The van der Waals surface area contributed by atoms with Crippen LogP contribution < -0.4 is 10.2 Å². The van der Waals surface area contributed by atoms with E-state index in [2.05, 4.69) is 25.1 Å².